The van der Waals surface area contributed by atoms with Gasteiger partial charge >= 0.3 is 0 Å². The monoisotopic (exact) mass is 248 g/mol. The van der Waals surface area contributed by atoms with Gasteiger partial charge in [-0.05, 0) is 42.9 Å². The Morgan fingerprint density at radius 1 is 1.28 bits per heavy atom. The van der Waals surface area contributed by atoms with Crippen LogP contribution < -0.4 is 4.74 Å². The van der Waals surface area contributed by atoms with Crippen molar-refractivity contribution in [1.29, 1.82) is 0 Å². The molecule has 1 aromatic rings. The largest absolute Gasteiger partial charge is 0.465 e. The average molecular weight is 248 g/mol. The zero-order valence-corrected chi connectivity index (χ0v) is 11.5. The van der Waals surface area contributed by atoms with Gasteiger partial charge in [-0.3, -0.25) is 0 Å². The third-order valence-electron chi connectivity index (χ3n) is 3.61. The second-order valence-electron chi connectivity index (χ2n) is 5.28. The van der Waals surface area contributed by atoms with E-state index in [0.717, 1.165) is 37.5 Å². The molecule has 1 heterocycles. The van der Waals surface area contributed by atoms with Gasteiger partial charge in [0.25, 0.3) is 0 Å². The SMILES string of the molecule is CC[C@H](C)Cc1ccc(OC2CCCCO2)cc1. The summed E-state index contributed by atoms with van der Waals surface area (Å²) in [4.78, 5) is 0. The van der Waals surface area contributed by atoms with Gasteiger partial charge in [-0.25, -0.2) is 0 Å². The minimum absolute atomic E-state index is 0.0424. The van der Waals surface area contributed by atoms with Crippen LogP contribution in [0.25, 0.3) is 0 Å². The molecule has 0 amide bonds. The highest BCUT2D eigenvalue weighted by atomic mass is 16.7. The summed E-state index contributed by atoms with van der Waals surface area (Å²) < 4.78 is 11.4. The predicted molar refractivity (Wildman–Crippen MR) is 73.8 cm³/mol. The van der Waals surface area contributed by atoms with Gasteiger partial charge in [0, 0.05) is 6.42 Å². The van der Waals surface area contributed by atoms with E-state index in [1.165, 1.54) is 18.4 Å². The first-order valence-corrected chi connectivity index (χ1v) is 7.15. The highest BCUT2D eigenvalue weighted by Gasteiger charge is 2.14. The normalized spacial score (nSPS) is 21.6. The Kier molecular flexibility index (Phi) is 5.06. The van der Waals surface area contributed by atoms with E-state index in [9.17, 15) is 0 Å². The van der Waals surface area contributed by atoms with Gasteiger partial charge in [0.2, 0.25) is 0 Å². The van der Waals surface area contributed by atoms with Gasteiger partial charge in [0.1, 0.15) is 5.75 Å². The Morgan fingerprint density at radius 3 is 2.67 bits per heavy atom. The molecule has 1 aliphatic heterocycles. The molecule has 1 fully saturated rings. The van der Waals surface area contributed by atoms with Crippen molar-refractivity contribution in [3.63, 3.8) is 0 Å². The van der Waals surface area contributed by atoms with E-state index in [1.54, 1.807) is 0 Å². The fourth-order valence-electron chi connectivity index (χ4n) is 2.21. The molecule has 0 N–H and O–H groups in total. The molecule has 0 aliphatic carbocycles. The molecule has 0 spiro atoms. The first-order chi connectivity index (χ1) is 8.78. The Hall–Kier alpha value is -1.02. The standard InChI is InChI=1S/C16H24O2/c1-3-13(2)12-14-7-9-15(10-8-14)18-16-6-4-5-11-17-16/h7-10,13,16H,3-6,11-12H2,1-2H3/t13-,16?/m0/s1. The predicted octanol–water partition coefficient (Wildman–Crippen LogP) is 4.18. The lowest BCUT2D eigenvalue weighted by Crippen LogP contribution is -2.24. The van der Waals surface area contributed by atoms with Crippen LogP contribution in [0.1, 0.15) is 45.1 Å². The van der Waals surface area contributed by atoms with Gasteiger partial charge < -0.3 is 9.47 Å². The van der Waals surface area contributed by atoms with Crippen LogP contribution in [0.5, 0.6) is 5.75 Å². The highest BCUT2D eigenvalue weighted by Crippen LogP contribution is 2.20. The summed E-state index contributed by atoms with van der Waals surface area (Å²) in [5.74, 6) is 1.67. The van der Waals surface area contributed by atoms with Crippen LogP contribution in [0, 0.1) is 5.92 Å². The van der Waals surface area contributed by atoms with Crippen LogP contribution in [-0.2, 0) is 11.2 Å². The minimum Gasteiger partial charge on any atom is -0.465 e. The zero-order valence-electron chi connectivity index (χ0n) is 11.5. The molecule has 0 aromatic heterocycles. The molecule has 0 saturated carbocycles. The molecule has 2 atom stereocenters. The number of rotatable bonds is 5. The Bertz CT molecular complexity index is 339. The van der Waals surface area contributed by atoms with Gasteiger partial charge in [-0.2, -0.15) is 0 Å². The van der Waals surface area contributed by atoms with E-state index in [-0.39, 0.29) is 6.29 Å². The van der Waals surface area contributed by atoms with Crippen molar-refractivity contribution in [3.05, 3.63) is 29.8 Å². The molecule has 2 rings (SSSR count). The van der Waals surface area contributed by atoms with Gasteiger partial charge in [0.05, 0.1) is 6.61 Å². The van der Waals surface area contributed by atoms with Crippen molar-refractivity contribution in [2.75, 3.05) is 6.61 Å². The second kappa shape index (κ2) is 6.79. The van der Waals surface area contributed by atoms with Gasteiger partial charge in [-0.1, -0.05) is 32.4 Å². The van der Waals surface area contributed by atoms with E-state index in [2.05, 4.69) is 38.1 Å². The van der Waals surface area contributed by atoms with E-state index in [4.69, 9.17) is 9.47 Å². The Morgan fingerprint density at radius 2 is 2.06 bits per heavy atom. The molecule has 18 heavy (non-hydrogen) atoms. The maximum atomic E-state index is 5.82. The summed E-state index contributed by atoms with van der Waals surface area (Å²) in [5.41, 5.74) is 1.39. The van der Waals surface area contributed by atoms with E-state index in [0.29, 0.717) is 0 Å². The summed E-state index contributed by atoms with van der Waals surface area (Å²) in [6, 6.07) is 8.47. The molecule has 100 valence electrons. The first-order valence-electron chi connectivity index (χ1n) is 7.15. The molecule has 1 aromatic carbocycles. The number of hydrogen-bond donors (Lipinski definition) is 0. The number of benzene rings is 1. The van der Waals surface area contributed by atoms with Crippen molar-refractivity contribution in [2.24, 2.45) is 5.92 Å². The summed E-state index contributed by atoms with van der Waals surface area (Å²) in [6.45, 7) is 5.36. The van der Waals surface area contributed by atoms with Crippen molar-refractivity contribution < 1.29 is 9.47 Å². The maximum Gasteiger partial charge on any atom is 0.199 e. The van der Waals surface area contributed by atoms with Crippen LogP contribution >= 0.6 is 0 Å². The van der Waals surface area contributed by atoms with Crippen molar-refractivity contribution >= 4 is 0 Å². The third kappa shape index (κ3) is 4.02. The molecule has 0 radical (unpaired) electrons. The number of ether oxygens (including phenoxy) is 2. The van der Waals surface area contributed by atoms with Crippen LogP contribution in [-0.4, -0.2) is 12.9 Å². The Labute approximate surface area is 110 Å². The molecule has 1 aliphatic rings. The quantitative estimate of drug-likeness (QED) is 0.778. The lowest BCUT2D eigenvalue weighted by molar-refractivity contribution is -0.105. The molecular formula is C16H24O2. The first kappa shape index (κ1) is 13.4. The molecule has 1 unspecified atom stereocenters. The van der Waals surface area contributed by atoms with E-state index in [1.807, 2.05) is 0 Å². The van der Waals surface area contributed by atoms with Gasteiger partial charge in [0.15, 0.2) is 6.29 Å². The van der Waals surface area contributed by atoms with Crippen LogP contribution in [0.15, 0.2) is 24.3 Å². The van der Waals surface area contributed by atoms with Crippen molar-refractivity contribution in [3.8, 4) is 5.75 Å². The fourth-order valence-corrected chi connectivity index (χ4v) is 2.21. The molecule has 2 heteroatoms. The van der Waals surface area contributed by atoms with Crippen LogP contribution in [0.2, 0.25) is 0 Å². The minimum atomic E-state index is -0.0424. The van der Waals surface area contributed by atoms with E-state index < -0.39 is 0 Å². The molecular weight excluding hydrogens is 224 g/mol. The fraction of sp³-hybridized carbons (Fsp3) is 0.625. The molecule has 1 saturated heterocycles. The van der Waals surface area contributed by atoms with Crippen molar-refractivity contribution in [1.82, 2.24) is 0 Å². The van der Waals surface area contributed by atoms with Crippen LogP contribution in [0.3, 0.4) is 0 Å². The zero-order chi connectivity index (χ0) is 12.8. The average Bonchev–Trinajstić information content (AvgIpc) is 2.42. The second-order valence-corrected chi connectivity index (χ2v) is 5.28. The maximum absolute atomic E-state index is 5.82. The Balaban J connectivity index is 1.86. The molecule has 2 nitrogen and oxygen atoms in total. The third-order valence-corrected chi connectivity index (χ3v) is 3.61. The van der Waals surface area contributed by atoms with Crippen LogP contribution in [0.4, 0.5) is 0 Å². The summed E-state index contributed by atoms with van der Waals surface area (Å²) in [7, 11) is 0. The summed E-state index contributed by atoms with van der Waals surface area (Å²) in [6.07, 6.45) is 5.71. The highest BCUT2D eigenvalue weighted by molar-refractivity contribution is 5.27. The van der Waals surface area contributed by atoms with E-state index >= 15 is 0 Å². The van der Waals surface area contributed by atoms with Crippen molar-refractivity contribution in [2.45, 2.75) is 52.2 Å². The lowest BCUT2D eigenvalue weighted by atomic mass is 9.99. The molecule has 0 bridgehead atoms. The van der Waals surface area contributed by atoms with Gasteiger partial charge in [-0.15, -0.1) is 0 Å². The summed E-state index contributed by atoms with van der Waals surface area (Å²) >= 11 is 0. The number of hydrogen-bond acceptors (Lipinski definition) is 2. The topological polar surface area (TPSA) is 18.5 Å². The lowest BCUT2D eigenvalue weighted by Gasteiger charge is -2.23. The smallest absolute Gasteiger partial charge is 0.199 e. The summed E-state index contributed by atoms with van der Waals surface area (Å²) in [5, 5.41) is 0.